The van der Waals surface area contributed by atoms with E-state index in [0.29, 0.717) is 22.8 Å². The Morgan fingerprint density at radius 2 is 2.05 bits per heavy atom. The van der Waals surface area contributed by atoms with Crippen molar-refractivity contribution < 1.29 is 0 Å². The number of aryl methyl sites for hydroxylation is 1. The number of nitrogens with zero attached hydrogens (tertiary/aromatic N) is 3. The van der Waals surface area contributed by atoms with Crippen molar-refractivity contribution in [2.75, 3.05) is 5.32 Å². The van der Waals surface area contributed by atoms with Crippen LogP contribution in [0.25, 0.3) is 0 Å². The number of nitriles is 1. The second-order valence-corrected chi connectivity index (χ2v) is 6.35. The molecule has 1 aromatic heterocycles. The second kappa shape index (κ2) is 5.16. The minimum Gasteiger partial charge on any atom is -0.365 e. The first-order chi connectivity index (χ1) is 8.93. The van der Waals surface area contributed by atoms with Crippen molar-refractivity contribution in [2.24, 2.45) is 5.41 Å². The van der Waals surface area contributed by atoms with Crippen LogP contribution < -0.4 is 5.32 Å². The Morgan fingerprint density at radius 1 is 1.32 bits per heavy atom. The molecule has 1 fully saturated rings. The highest BCUT2D eigenvalue weighted by molar-refractivity contribution is 5.56. The summed E-state index contributed by atoms with van der Waals surface area (Å²) in [4.78, 5) is 0. The first-order valence-corrected chi connectivity index (χ1v) is 6.93. The summed E-state index contributed by atoms with van der Waals surface area (Å²) in [6.45, 7) is 8.42. The molecule has 1 N–H and O–H groups in total. The molecule has 1 aliphatic carbocycles. The van der Waals surface area contributed by atoms with E-state index in [-0.39, 0.29) is 0 Å². The molecule has 0 amide bonds. The summed E-state index contributed by atoms with van der Waals surface area (Å²) in [6, 6.07) is 2.65. The van der Waals surface area contributed by atoms with Crippen molar-refractivity contribution in [2.45, 2.75) is 59.4 Å². The van der Waals surface area contributed by atoms with Crippen LogP contribution >= 0.6 is 0 Å². The molecule has 2 rings (SSSR count). The third kappa shape index (κ3) is 3.04. The van der Waals surface area contributed by atoms with E-state index >= 15 is 0 Å². The van der Waals surface area contributed by atoms with Gasteiger partial charge < -0.3 is 5.32 Å². The Balaban J connectivity index is 2.20. The lowest BCUT2D eigenvalue weighted by Crippen LogP contribution is -2.32. The predicted molar refractivity (Wildman–Crippen MR) is 75.9 cm³/mol. The van der Waals surface area contributed by atoms with Gasteiger partial charge in [-0.05, 0) is 44.1 Å². The molecule has 19 heavy (non-hydrogen) atoms. The second-order valence-electron chi connectivity index (χ2n) is 6.35. The van der Waals surface area contributed by atoms with Gasteiger partial charge in [-0.3, -0.25) is 0 Å². The summed E-state index contributed by atoms with van der Waals surface area (Å²) in [5.41, 5.74) is 2.76. The van der Waals surface area contributed by atoms with Crippen LogP contribution in [0.15, 0.2) is 0 Å². The van der Waals surface area contributed by atoms with Crippen molar-refractivity contribution in [3.05, 3.63) is 16.8 Å². The SMILES string of the molecule is Cc1nnc(NC2CCCC(C)(C)C2)c(C#N)c1C. The van der Waals surface area contributed by atoms with Gasteiger partial charge in [0.2, 0.25) is 0 Å². The minimum absolute atomic E-state index is 0.371. The summed E-state index contributed by atoms with van der Waals surface area (Å²) in [7, 11) is 0. The molecule has 1 heterocycles. The molecule has 0 aromatic carbocycles. The number of hydrogen-bond donors (Lipinski definition) is 1. The predicted octanol–water partition coefficient (Wildman–Crippen LogP) is 3.35. The number of nitrogens with one attached hydrogen (secondary N) is 1. The summed E-state index contributed by atoms with van der Waals surface area (Å²) in [6.07, 6.45) is 4.76. The van der Waals surface area contributed by atoms with Gasteiger partial charge in [0.1, 0.15) is 11.6 Å². The van der Waals surface area contributed by atoms with Gasteiger partial charge in [0.05, 0.1) is 5.69 Å². The topological polar surface area (TPSA) is 61.6 Å². The van der Waals surface area contributed by atoms with Crippen LogP contribution in [0, 0.1) is 30.6 Å². The Hall–Kier alpha value is -1.63. The lowest BCUT2D eigenvalue weighted by Gasteiger charge is -2.35. The quantitative estimate of drug-likeness (QED) is 0.883. The third-order valence-corrected chi connectivity index (χ3v) is 4.11. The van der Waals surface area contributed by atoms with E-state index in [4.69, 9.17) is 0 Å². The normalized spacial score (nSPS) is 21.7. The van der Waals surface area contributed by atoms with Crippen LogP contribution in [0.4, 0.5) is 5.82 Å². The lowest BCUT2D eigenvalue weighted by molar-refractivity contribution is 0.229. The molecule has 1 atom stereocenters. The van der Waals surface area contributed by atoms with Crippen molar-refractivity contribution in [3.8, 4) is 6.07 Å². The third-order valence-electron chi connectivity index (χ3n) is 4.11. The first kappa shape index (κ1) is 13.8. The van der Waals surface area contributed by atoms with Crippen molar-refractivity contribution in [1.29, 1.82) is 5.26 Å². The van der Waals surface area contributed by atoms with Gasteiger partial charge >= 0.3 is 0 Å². The molecular formula is C15H22N4. The van der Waals surface area contributed by atoms with Gasteiger partial charge in [-0.1, -0.05) is 20.3 Å². The fourth-order valence-electron chi connectivity index (χ4n) is 2.86. The average Bonchev–Trinajstić information content (AvgIpc) is 2.33. The van der Waals surface area contributed by atoms with Crippen LogP contribution in [0.1, 0.15) is 56.4 Å². The number of anilines is 1. The molecular weight excluding hydrogens is 236 g/mol. The molecule has 1 aliphatic rings. The standard InChI is InChI=1S/C15H22N4/c1-10-11(2)18-19-14(13(10)9-16)17-12-6-5-7-15(3,4)8-12/h12H,5-8H2,1-4H3,(H,17,19). The van der Waals surface area contributed by atoms with Gasteiger partial charge in [0.25, 0.3) is 0 Å². The molecule has 0 saturated heterocycles. The van der Waals surface area contributed by atoms with Crippen LogP contribution in [-0.4, -0.2) is 16.2 Å². The highest BCUT2D eigenvalue weighted by Crippen LogP contribution is 2.36. The van der Waals surface area contributed by atoms with Crippen molar-refractivity contribution >= 4 is 5.82 Å². The summed E-state index contributed by atoms with van der Waals surface area (Å²) >= 11 is 0. The Kier molecular flexibility index (Phi) is 3.75. The Labute approximate surface area is 115 Å². The molecule has 0 radical (unpaired) electrons. The number of aromatic nitrogens is 2. The molecule has 4 nitrogen and oxygen atoms in total. The highest BCUT2D eigenvalue weighted by Gasteiger charge is 2.28. The average molecular weight is 258 g/mol. The maximum atomic E-state index is 9.30. The maximum Gasteiger partial charge on any atom is 0.167 e. The molecule has 0 spiro atoms. The summed E-state index contributed by atoms with van der Waals surface area (Å²) in [5, 5.41) is 21.0. The zero-order valence-electron chi connectivity index (χ0n) is 12.2. The van der Waals surface area contributed by atoms with Gasteiger partial charge in [-0.2, -0.15) is 10.4 Å². The Bertz CT molecular complexity index is 514. The molecule has 0 bridgehead atoms. The number of hydrogen-bond acceptors (Lipinski definition) is 4. The Morgan fingerprint density at radius 3 is 2.68 bits per heavy atom. The fourth-order valence-corrected chi connectivity index (χ4v) is 2.86. The van der Waals surface area contributed by atoms with Gasteiger partial charge in [0, 0.05) is 6.04 Å². The van der Waals surface area contributed by atoms with Crippen LogP contribution in [0.2, 0.25) is 0 Å². The lowest BCUT2D eigenvalue weighted by atomic mass is 9.75. The maximum absolute atomic E-state index is 9.30. The summed E-state index contributed by atoms with van der Waals surface area (Å²) in [5.74, 6) is 0.647. The largest absolute Gasteiger partial charge is 0.365 e. The minimum atomic E-state index is 0.371. The van der Waals surface area contributed by atoms with E-state index < -0.39 is 0 Å². The van der Waals surface area contributed by atoms with Gasteiger partial charge in [-0.25, -0.2) is 0 Å². The van der Waals surface area contributed by atoms with E-state index in [1.807, 2.05) is 13.8 Å². The highest BCUT2D eigenvalue weighted by atomic mass is 15.2. The fraction of sp³-hybridized carbons (Fsp3) is 0.667. The molecule has 102 valence electrons. The smallest absolute Gasteiger partial charge is 0.167 e. The van der Waals surface area contributed by atoms with Crippen LogP contribution in [-0.2, 0) is 0 Å². The molecule has 4 heteroatoms. The zero-order valence-corrected chi connectivity index (χ0v) is 12.2. The first-order valence-electron chi connectivity index (χ1n) is 6.93. The van der Waals surface area contributed by atoms with E-state index in [9.17, 15) is 5.26 Å². The summed E-state index contributed by atoms with van der Waals surface area (Å²) < 4.78 is 0. The van der Waals surface area contributed by atoms with E-state index in [2.05, 4.69) is 35.4 Å². The van der Waals surface area contributed by atoms with Crippen LogP contribution in [0.3, 0.4) is 0 Å². The van der Waals surface area contributed by atoms with Crippen molar-refractivity contribution in [1.82, 2.24) is 10.2 Å². The van der Waals surface area contributed by atoms with Gasteiger partial charge in [0.15, 0.2) is 5.82 Å². The molecule has 1 unspecified atom stereocenters. The van der Waals surface area contributed by atoms with E-state index in [1.54, 1.807) is 0 Å². The molecule has 1 saturated carbocycles. The molecule has 0 aliphatic heterocycles. The van der Waals surface area contributed by atoms with E-state index in [0.717, 1.165) is 24.1 Å². The molecule has 1 aromatic rings. The van der Waals surface area contributed by atoms with E-state index in [1.165, 1.54) is 12.8 Å². The van der Waals surface area contributed by atoms with Crippen LogP contribution in [0.5, 0.6) is 0 Å². The number of rotatable bonds is 2. The van der Waals surface area contributed by atoms with Gasteiger partial charge in [-0.15, -0.1) is 5.10 Å². The monoisotopic (exact) mass is 258 g/mol. The van der Waals surface area contributed by atoms with Crippen molar-refractivity contribution in [3.63, 3.8) is 0 Å². The zero-order chi connectivity index (χ0) is 14.0.